The van der Waals surface area contributed by atoms with Crippen molar-refractivity contribution in [3.05, 3.63) is 60.4 Å². The van der Waals surface area contributed by atoms with E-state index in [-0.39, 0.29) is 0 Å². The van der Waals surface area contributed by atoms with Gasteiger partial charge in [-0.15, -0.1) is 0 Å². The van der Waals surface area contributed by atoms with Gasteiger partial charge in [-0.2, -0.15) is 0 Å². The summed E-state index contributed by atoms with van der Waals surface area (Å²) in [4.78, 5) is 6.43. The Labute approximate surface area is 113 Å². The summed E-state index contributed by atoms with van der Waals surface area (Å²) >= 11 is 0. The van der Waals surface area contributed by atoms with E-state index in [9.17, 15) is 5.11 Å². The minimum atomic E-state index is -0.723. The molecule has 1 aliphatic heterocycles. The van der Waals surface area contributed by atoms with Crippen molar-refractivity contribution in [1.29, 1.82) is 0 Å². The molecule has 2 aromatic rings. The topological polar surface area (TPSA) is 36.4 Å². The lowest BCUT2D eigenvalue weighted by atomic mass is 9.85. The van der Waals surface area contributed by atoms with Crippen LogP contribution in [-0.2, 0) is 5.60 Å². The molecule has 0 atom stereocenters. The van der Waals surface area contributed by atoms with Gasteiger partial charge in [-0.25, -0.2) is 0 Å². The van der Waals surface area contributed by atoms with Crippen molar-refractivity contribution in [2.45, 2.75) is 18.4 Å². The molecule has 0 radical (unpaired) electrons. The van der Waals surface area contributed by atoms with Crippen molar-refractivity contribution < 1.29 is 5.11 Å². The molecule has 19 heavy (non-hydrogen) atoms. The lowest BCUT2D eigenvalue weighted by molar-refractivity contribution is 0.0115. The second kappa shape index (κ2) is 5.02. The molecule has 0 aliphatic carbocycles. The van der Waals surface area contributed by atoms with Gasteiger partial charge in [0.15, 0.2) is 0 Å². The van der Waals surface area contributed by atoms with Gasteiger partial charge in [0.2, 0.25) is 0 Å². The van der Waals surface area contributed by atoms with Crippen LogP contribution in [0, 0.1) is 0 Å². The summed E-state index contributed by atoms with van der Waals surface area (Å²) in [5.74, 6) is 0. The minimum absolute atomic E-state index is 0.723. The highest BCUT2D eigenvalue weighted by atomic mass is 16.3. The van der Waals surface area contributed by atoms with E-state index in [1.165, 1.54) is 5.69 Å². The van der Waals surface area contributed by atoms with E-state index >= 15 is 0 Å². The summed E-state index contributed by atoms with van der Waals surface area (Å²) in [6.45, 7) is 1.74. The van der Waals surface area contributed by atoms with Crippen LogP contribution in [0.3, 0.4) is 0 Å². The van der Waals surface area contributed by atoms with Crippen LogP contribution >= 0.6 is 0 Å². The fourth-order valence-electron chi connectivity index (χ4n) is 2.70. The summed E-state index contributed by atoms with van der Waals surface area (Å²) in [6, 6.07) is 14.2. The van der Waals surface area contributed by atoms with Gasteiger partial charge in [0.1, 0.15) is 0 Å². The number of aliphatic hydroxyl groups is 1. The van der Waals surface area contributed by atoms with E-state index in [1.807, 2.05) is 18.2 Å². The number of hydrogen-bond acceptors (Lipinski definition) is 3. The first-order valence-electron chi connectivity index (χ1n) is 6.71. The maximum atomic E-state index is 10.7. The SMILES string of the molecule is OC1(c2cccnc2)CCN(c2ccccc2)CC1. The fourth-order valence-corrected chi connectivity index (χ4v) is 2.70. The monoisotopic (exact) mass is 254 g/mol. The van der Waals surface area contributed by atoms with E-state index < -0.39 is 5.60 Å². The molecule has 1 N–H and O–H groups in total. The van der Waals surface area contributed by atoms with E-state index in [0.717, 1.165) is 31.5 Å². The molecule has 1 aromatic heterocycles. The van der Waals surface area contributed by atoms with Crippen molar-refractivity contribution in [3.63, 3.8) is 0 Å². The van der Waals surface area contributed by atoms with Gasteiger partial charge >= 0.3 is 0 Å². The third-order valence-corrected chi connectivity index (χ3v) is 3.91. The number of nitrogens with zero attached hydrogens (tertiary/aromatic N) is 2. The molecule has 3 rings (SSSR count). The smallest absolute Gasteiger partial charge is 0.0945 e. The second-order valence-corrected chi connectivity index (χ2v) is 5.10. The Kier molecular flexibility index (Phi) is 3.22. The molecule has 3 nitrogen and oxygen atoms in total. The summed E-state index contributed by atoms with van der Waals surface area (Å²) in [7, 11) is 0. The highest BCUT2D eigenvalue weighted by Crippen LogP contribution is 2.33. The number of hydrogen-bond donors (Lipinski definition) is 1. The van der Waals surface area contributed by atoms with Gasteiger partial charge in [-0.1, -0.05) is 24.3 Å². The quantitative estimate of drug-likeness (QED) is 0.894. The molecule has 2 heterocycles. The molecule has 1 saturated heterocycles. The fraction of sp³-hybridized carbons (Fsp3) is 0.312. The summed E-state index contributed by atoms with van der Waals surface area (Å²) < 4.78 is 0. The minimum Gasteiger partial charge on any atom is -0.385 e. The lowest BCUT2D eigenvalue weighted by Gasteiger charge is -2.39. The van der Waals surface area contributed by atoms with Crippen LogP contribution in [-0.4, -0.2) is 23.2 Å². The van der Waals surface area contributed by atoms with E-state index in [0.29, 0.717) is 0 Å². The zero-order valence-electron chi connectivity index (χ0n) is 10.9. The normalized spacial score (nSPS) is 18.3. The predicted molar refractivity (Wildman–Crippen MR) is 76.0 cm³/mol. The Morgan fingerprint density at radius 1 is 1.00 bits per heavy atom. The molecule has 1 fully saturated rings. The number of benzene rings is 1. The first kappa shape index (κ1) is 12.2. The highest BCUT2D eigenvalue weighted by Gasteiger charge is 2.34. The third kappa shape index (κ3) is 2.47. The van der Waals surface area contributed by atoms with Crippen LogP contribution < -0.4 is 4.90 Å². The molecule has 1 aliphatic rings. The number of para-hydroxylation sites is 1. The van der Waals surface area contributed by atoms with Crippen molar-refractivity contribution in [1.82, 2.24) is 4.98 Å². The van der Waals surface area contributed by atoms with Crippen molar-refractivity contribution >= 4 is 5.69 Å². The molecule has 98 valence electrons. The van der Waals surface area contributed by atoms with Gasteiger partial charge in [0.25, 0.3) is 0 Å². The number of aromatic nitrogens is 1. The first-order chi connectivity index (χ1) is 9.28. The van der Waals surface area contributed by atoms with Crippen LogP contribution in [0.5, 0.6) is 0 Å². The van der Waals surface area contributed by atoms with Crippen molar-refractivity contribution in [2.75, 3.05) is 18.0 Å². The average molecular weight is 254 g/mol. The maximum absolute atomic E-state index is 10.7. The van der Waals surface area contributed by atoms with Crippen LogP contribution in [0.4, 0.5) is 5.69 Å². The molecular formula is C16H18N2O. The zero-order chi connectivity index (χ0) is 13.1. The van der Waals surface area contributed by atoms with E-state index in [4.69, 9.17) is 0 Å². The van der Waals surface area contributed by atoms with Gasteiger partial charge in [0, 0.05) is 36.7 Å². The molecule has 0 unspecified atom stereocenters. The molecule has 0 amide bonds. The Bertz CT molecular complexity index is 519. The summed E-state index contributed by atoms with van der Waals surface area (Å²) in [5.41, 5.74) is 1.44. The lowest BCUT2D eigenvalue weighted by Crippen LogP contribution is -2.42. The molecule has 0 spiro atoms. The van der Waals surface area contributed by atoms with Crippen LogP contribution in [0.15, 0.2) is 54.9 Å². The number of rotatable bonds is 2. The first-order valence-corrected chi connectivity index (χ1v) is 6.71. The predicted octanol–water partition coefficient (Wildman–Crippen LogP) is 2.57. The van der Waals surface area contributed by atoms with Crippen molar-refractivity contribution in [2.24, 2.45) is 0 Å². The molecule has 3 heteroatoms. The third-order valence-electron chi connectivity index (χ3n) is 3.91. The Morgan fingerprint density at radius 3 is 2.37 bits per heavy atom. The van der Waals surface area contributed by atoms with Gasteiger partial charge in [0.05, 0.1) is 5.60 Å². The largest absolute Gasteiger partial charge is 0.385 e. The standard InChI is InChI=1S/C16H18N2O/c19-16(14-5-4-10-17-13-14)8-11-18(12-9-16)15-6-2-1-3-7-15/h1-7,10,13,19H,8-9,11-12H2. The van der Waals surface area contributed by atoms with Crippen molar-refractivity contribution in [3.8, 4) is 0 Å². The molecular weight excluding hydrogens is 236 g/mol. The van der Waals surface area contributed by atoms with Gasteiger partial charge in [-0.3, -0.25) is 4.98 Å². The van der Waals surface area contributed by atoms with Gasteiger partial charge in [-0.05, 0) is 31.0 Å². The molecule has 0 saturated carbocycles. The van der Waals surface area contributed by atoms with Crippen LogP contribution in [0.2, 0.25) is 0 Å². The molecule has 1 aromatic carbocycles. The molecule has 0 bridgehead atoms. The van der Waals surface area contributed by atoms with E-state index in [2.05, 4.69) is 34.1 Å². The van der Waals surface area contributed by atoms with Gasteiger partial charge < -0.3 is 10.0 Å². The number of anilines is 1. The maximum Gasteiger partial charge on any atom is 0.0945 e. The highest BCUT2D eigenvalue weighted by molar-refractivity contribution is 5.46. The Morgan fingerprint density at radius 2 is 1.74 bits per heavy atom. The number of piperidine rings is 1. The van der Waals surface area contributed by atoms with Crippen LogP contribution in [0.25, 0.3) is 0 Å². The Balaban J connectivity index is 1.73. The zero-order valence-corrected chi connectivity index (χ0v) is 10.9. The average Bonchev–Trinajstić information content (AvgIpc) is 2.50. The second-order valence-electron chi connectivity index (χ2n) is 5.10. The summed E-state index contributed by atoms with van der Waals surface area (Å²) in [5, 5.41) is 10.7. The summed E-state index contributed by atoms with van der Waals surface area (Å²) in [6.07, 6.45) is 5.01. The van der Waals surface area contributed by atoms with E-state index in [1.54, 1.807) is 12.4 Å². The van der Waals surface area contributed by atoms with Crippen LogP contribution in [0.1, 0.15) is 18.4 Å². The number of pyridine rings is 1. The Hall–Kier alpha value is -1.87.